The van der Waals surface area contributed by atoms with Crippen LogP contribution < -0.4 is 5.73 Å². The topological polar surface area (TPSA) is 155 Å². The maximum absolute atomic E-state index is 12.6. The molecule has 4 N–H and O–H groups in total. The Morgan fingerprint density at radius 3 is 1.53 bits per heavy atom. The van der Waals surface area contributed by atoms with Gasteiger partial charge in [-0.25, -0.2) is 4.57 Å². The molecule has 0 spiro atoms. The Hall–Kier alpha value is -2.23. The monoisotopic (exact) mass is 798 g/mol. The number of carbonyl (C=O) groups excluding carboxylic acids is 1. The number of aliphatic carboxylic acids is 1. The van der Waals surface area contributed by atoms with Gasteiger partial charge in [-0.15, -0.1) is 0 Å². The van der Waals surface area contributed by atoms with Crippen molar-refractivity contribution in [1.29, 1.82) is 0 Å². The predicted molar refractivity (Wildman–Crippen MR) is 226 cm³/mol. The minimum absolute atomic E-state index is 0.0826. The average molecular weight is 798 g/mol. The molecule has 320 valence electrons. The van der Waals surface area contributed by atoms with Crippen LogP contribution in [0.2, 0.25) is 0 Å². The van der Waals surface area contributed by atoms with Gasteiger partial charge in [0.1, 0.15) is 12.6 Å². The fourth-order valence-electron chi connectivity index (χ4n) is 5.75. The number of esters is 1. The number of unbranched alkanes of at least 4 members (excludes halogenated alkanes) is 21. The maximum atomic E-state index is 12.6. The van der Waals surface area contributed by atoms with E-state index in [9.17, 15) is 19.0 Å². The fourth-order valence-corrected chi connectivity index (χ4v) is 6.53. The Bertz CT molecular complexity index is 1060. The van der Waals surface area contributed by atoms with Crippen LogP contribution in [0.5, 0.6) is 0 Å². The van der Waals surface area contributed by atoms with E-state index < -0.39 is 45.1 Å². The molecule has 3 atom stereocenters. The van der Waals surface area contributed by atoms with Gasteiger partial charge in [-0.05, 0) is 63.9 Å². The van der Waals surface area contributed by atoms with Crippen molar-refractivity contribution >= 4 is 19.8 Å². The lowest BCUT2D eigenvalue weighted by Gasteiger charge is -2.20. The van der Waals surface area contributed by atoms with Gasteiger partial charge in [0, 0.05) is 6.42 Å². The van der Waals surface area contributed by atoms with Crippen molar-refractivity contribution in [3.63, 3.8) is 0 Å². The molecule has 0 rings (SSSR count). The third-order valence-corrected chi connectivity index (χ3v) is 10.1. The van der Waals surface area contributed by atoms with E-state index in [0.717, 1.165) is 51.4 Å². The number of ether oxygens (including phenoxy) is 2. The minimum atomic E-state index is -4.64. The Balaban J connectivity index is 4.34. The van der Waals surface area contributed by atoms with Crippen LogP contribution in [0.25, 0.3) is 0 Å². The van der Waals surface area contributed by atoms with E-state index in [4.69, 9.17) is 29.4 Å². The summed E-state index contributed by atoms with van der Waals surface area (Å²) in [5.41, 5.74) is 5.34. The molecule has 55 heavy (non-hydrogen) atoms. The van der Waals surface area contributed by atoms with E-state index in [2.05, 4.69) is 50.3 Å². The highest BCUT2D eigenvalue weighted by Gasteiger charge is 2.27. The lowest BCUT2D eigenvalue weighted by atomic mass is 10.0. The molecule has 0 saturated carbocycles. The number of phosphoric acid groups is 1. The number of carboxylic acid groups (broad SMARTS) is 1. The van der Waals surface area contributed by atoms with Crippen molar-refractivity contribution in [2.24, 2.45) is 5.73 Å². The normalized spacial score (nSPS) is 14.3. The number of hydrogen-bond donors (Lipinski definition) is 3. The molecule has 0 aliphatic rings. The van der Waals surface area contributed by atoms with E-state index >= 15 is 0 Å². The average Bonchev–Trinajstić information content (AvgIpc) is 3.16. The van der Waals surface area contributed by atoms with Crippen molar-refractivity contribution in [3.05, 3.63) is 48.8 Å². The number of hydrogen-bond acceptors (Lipinski definition) is 8. The molecule has 11 heteroatoms. The third-order valence-electron chi connectivity index (χ3n) is 9.18. The van der Waals surface area contributed by atoms with Crippen molar-refractivity contribution < 1.29 is 42.7 Å². The van der Waals surface area contributed by atoms with Crippen LogP contribution in [0.4, 0.5) is 0 Å². The number of phosphoric ester groups is 1. The first-order valence-electron chi connectivity index (χ1n) is 21.7. The second-order valence-corrected chi connectivity index (χ2v) is 16.0. The minimum Gasteiger partial charge on any atom is -0.498 e. The van der Waals surface area contributed by atoms with E-state index in [1.54, 1.807) is 6.26 Å². The largest absolute Gasteiger partial charge is 0.498 e. The molecule has 0 amide bonds. The smallest absolute Gasteiger partial charge is 0.472 e. The number of allylic oxidation sites excluding steroid dienone is 7. The van der Waals surface area contributed by atoms with Crippen molar-refractivity contribution in [2.75, 3.05) is 19.8 Å². The summed E-state index contributed by atoms with van der Waals surface area (Å²) >= 11 is 0. The second kappa shape index (κ2) is 40.0. The van der Waals surface area contributed by atoms with Crippen LogP contribution >= 0.6 is 7.82 Å². The van der Waals surface area contributed by atoms with Crippen molar-refractivity contribution in [1.82, 2.24) is 0 Å². The zero-order valence-corrected chi connectivity index (χ0v) is 35.7. The molecular weight excluding hydrogens is 717 g/mol. The molecular formula is C44H80NO9P. The van der Waals surface area contributed by atoms with Gasteiger partial charge in [0.2, 0.25) is 0 Å². The summed E-state index contributed by atoms with van der Waals surface area (Å²) in [5.74, 6) is -1.85. The summed E-state index contributed by atoms with van der Waals surface area (Å²) < 4.78 is 33.0. The molecule has 0 saturated heterocycles. The highest BCUT2D eigenvalue weighted by molar-refractivity contribution is 7.47. The Kier molecular flexibility index (Phi) is 38.4. The number of carboxylic acids is 1. The molecule has 0 aromatic rings. The summed E-state index contributed by atoms with van der Waals surface area (Å²) in [7, 11) is -4.64. The molecule has 0 aliphatic heterocycles. The summed E-state index contributed by atoms with van der Waals surface area (Å²) in [6.45, 7) is 3.21. The zero-order chi connectivity index (χ0) is 40.5. The number of nitrogens with two attached hydrogens (primary N) is 1. The molecule has 0 heterocycles. The third kappa shape index (κ3) is 39.8. The van der Waals surface area contributed by atoms with Crippen LogP contribution in [-0.2, 0) is 32.7 Å². The van der Waals surface area contributed by atoms with Gasteiger partial charge in [0.05, 0.1) is 19.5 Å². The molecule has 0 radical (unpaired) electrons. The Morgan fingerprint density at radius 1 is 0.582 bits per heavy atom. The molecule has 0 bridgehead atoms. The lowest BCUT2D eigenvalue weighted by molar-refractivity contribution is -0.153. The maximum Gasteiger partial charge on any atom is 0.472 e. The van der Waals surface area contributed by atoms with E-state index in [0.29, 0.717) is 6.42 Å². The zero-order valence-electron chi connectivity index (χ0n) is 34.8. The van der Waals surface area contributed by atoms with Gasteiger partial charge in [0.25, 0.3) is 0 Å². The first-order valence-corrected chi connectivity index (χ1v) is 23.2. The lowest BCUT2D eigenvalue weighted by Crippen LogP contribution is -2.34. The van der Waals surface area contributed by atoms with Crippen LogP contribution in [0.15, 0.2) is 48.8 Å². The SMILES string of the molecule is CCCCC/C=C\C/C=C\C/C=C\CCCCC(=O)O[C@H](CO/C=C\CCCCCCCCCCCCCCCCCC)COP(=O)(O)OC[C@H](N)C(=O)O. The Morgan fingerprint density at radius 2 is 1.00 bits per heavy atom. The van der Waals surface area contributed by atoms with Crippen LogP contribution in [-0.4, -0.2) is 53.9 Å². The first kappa shape index (κ1) is 52.8. The second-order valence-electron chi connectivity index (χ2n) is 14.5. The molecule has 10 nitrogen and oxygen atoms in total. The van der Waals surface area contributed by atoms with Gasteiger partial charge >= 0.3 is 19.8 Å². The fraction of sp³-hybridized carbons (Fsp3) is 0.773. The van der Waals surface area contributed by atoms with Crippen LogP contribution in [0.3, 0.4) is 0 Å². The van der Waals surface area contributed by atoms with E-state index in [-0.39, 0.29) is 13.0 Å². The van der Waals surface area contributed by atoms with Crippen LogP contribution in [0, 0.1) is 0 Å². The molecule has 0 aliphatic carbocycles. The summed E-state index contributed by atoms with van der Waals surface area (Å²) in [4.78, 5) is 33.5. The van der Waals surface area contributed by atoms with Gasteiger partial charge < -0.3 is 25.2 Å². The number of carbonyl (C=O) groups is 2. The predicted octanol–water partition coefficient (Wildman–Crippen LogP) is 12.2. The van der Waals surface area contributed by atoms with Gasteiger partial charge in [0.15, 0.2) is 6.10 Å². The van der Waals surface area contributed by atoms with E-state index in [1.807, 2.05) is 6.08 Å². The number of rotatable bonds is 41. The summed E-state index contributed by atoms with van der Waals surface area (Å²) in [6, 6.07) is -1.49. The van der Waals surface area contributed by atoms with Gasteiger partial charge in [-0.2, -0.15) is 0 Å². The molecule has 0 aromatic heterocycles. The van der Waals surface area contributed by atoms with Crippen molar-refractivity contribution in [3.8, 4) is 0 Å². The van der Waals surface area contributed by atoms with E-state index in [1.165, 1.54) is 109 Å². The summed E-state index contributed by atoms with van der Waals surface area (Å²) in [6.07, 6.45) is 46.8. The molecule has 1 unspecified atom stereocenters. The first-order chi connectivity index (χ1) is 26.7. The quantitative estimate of drug-likeness (QED) is 0.0179. The molecule has 0 fully saturated rings. The highest BCUT2D eigenvalue weighted by Crippen LogP contribution is 2.43. The van der Waals surface area contributed by atoms with Crippen molar-refractivity contribution in [2.45, 2.75) is 199 Å². The van der Waals surface area contributed by atoms with Gasteiger partial charge in [-0.1, -0.05) is 159 Å². The highest BCUT2D eigenvalue weighted by atomic mass is 31.2. The Labute approximate surface area is 335 Å². The standard InChI is InChI=1S/C44H80NO9P/c1-3-5-7-9-11-13-15-17-19-20-21-23-25-27-29-31-33-35-37-51-38-41(39-52-55(49,50)53-40-42(45)44(47)48)54-43(46)36-34-32-30-28-26-24-22-18-16-14-12-10-8-6-4-2/h12,14,18,22,26,28,35,37,41-42H,3-11,13,15-17,19-21,23-25,27,29-34,36,38-40,45H2,1-2H3,(H,47,48)(H,49,50)/b14-12-,22-18-,28-26-,37-35-/t41-,42+/m1/s1. The van der Waals surface area contributed by atoms with Gasteiger partial charge in [-0.3, -0.25) is 18.6 Å². The molecule has 0 aromatic carbocycles. The van der Waals surface area contributed by atoms with Crippen LogP contribution in [0.1, 0.15) is 187 Å². The summed E-state index contributed by atoms with van der Waals surface area (Å²) in [5, 5.41) is 8.88.